The van der Waals surface area contributed by atoms with Crippen LogP contribution >= 0.6 is 0 Å². The number of benzene rings is 1. The quantitative estimate of drug-likeness (QED) is 0.879. The van der Waals surface area contributed by atoms with Gasteiger partial charge in [-0.3, -0.25) is 0 Å². The second-order valence-corrected chi connectivity index (χ2v) is 5.89. The van der Waals surface area contributed by atoms with Gasteiger partial charge in [0, 0.05) is 6.04 Å². The summed E-state index contributed by atoms with van der Waals surface area (Å²) in [6, 6.07) is 5.15. The van der Waals surface area contributed by atoms with Gasteiger partial charge in [-0.2, -0.15) is 0 Å². The summed E-state index contributed by atoms with van der Waals surface area (Å²) in [4.78, 5) is 0.343. The summed E-state index contributed by atoms with van der Waals surface area (Å²) in [5.74, 6) is 0. The van der Waals surface area contributed by atoms with Gasteiger partial charge >= 0.3 is 0 Å². The van der Waals surface area contributed by atoms with E-state index in [1.165, 1.54) is 0 Å². The Morgan fingerprint density at radius 3 is 2.38 bits per heavy atom. The van der Waals surface area contributed by atoms with Gasteiger partial charge in [0.05, 0.1) is 4.90 Å². The second-order valence-electron chi connectivity index (χ2n) is 4.18. The van der Waals surface area contributed by atoms with Crippen LogP contribution in [0.4, 0.5) is 0 Å². The molecule has 0 saturated heterocycles. The van der Waals surface area contributed by atoms with Crippen LogP contribution in [0, 0.1) is 13.8 Å². The van der Waals surface area contributed by atoms with E-state index >= 15 is 0 Å². The fourth-order valence-electron chi connectivity index (χ4n) is 1.30. The molecule has 0 spiro atoms. The molecule has 1 aromatic rings. The number of aryl methyl sites for hydroxylation is 2. The van der Waals surface area contributed by atoms with Crippen molar-refractivity contribution in [2.75, 3.05) is 0 Å². The first-order chi connectivity index (χ1) is 7.36. The molecule has 1 aromatic carbocycles. The fraction of sp³-hybridized carbons (Fsp3) is 0.500. The summed E-state index contributed by atoms with van der Waals surface area (Å²) in [5.41, 5.74) is 2.09. The monoisotopic (exact) mass is 241 g/mol. The smallest absolute Gasteiger partial charge is 0.208 e. The van der Waals surface area contributed by atoms with E-state index < -0.39 is 10.0 Å². The van der Waals surface area contributed by atoms with Gasteiger partial charge in [-0.05, 0) is 50.5 Å². The van der Waals surface area contributed by atoms with E-state index in [4.69, 9.17) is 0 Å². The third kappa shape index (κ3) is 3.06. The standard InChI is InChI=1S/C12H19NO2S/c1-5-11(4)13-16(14,15)12-7-6-9(2)10(3)8-12/h6-8,11,13H,5H2,1-4H3/t11-/m0/s1. The van der Waals surface area contributed by atoms with Crippen molar-refractivity contribution in [3.05, 3.63) is 29.3 Å². The van der Waals surface area contributed by atoms with Crippen molar-refractivity contribution in [1.82, 2.24) is 4.72 Å². The highest BCUT2D eigenvalue weighted by Crippen LogP contribution is 2.15. The predicted molar refractivity (Wildman–Crippen MR) is 66.0 cm³/mol. The second kappa shape index (κ2) is 4.97. The maximum Gasteiger partial charge on any atom is 0.240 e. The molecule has 16 heavy (non-hydrogen) atoms. The van der Waals surface area contributed by atoms with Crippen LogP contribution in [0.2, 0.25) is 0 Å². The highest BCUT2D eigenvalue weighted by molar-refractivity contribution is 7.89. The first-order valence-electron chi connectivity index (χ1n) is 5.46. The average Bonchev–Trinajstić information content (AvgIpc) is 2.21. The molecule has 0 bridgehead atoms. The molecule has 3 nitrogen and oxygen atoms in total. The summed E-state index contributed by atoms with van der Waals surface area (Å²) in [6.45, 7) is 7.69. The minimum Gasteiger partial charge on any atom is -0.208 e. The lowest BCUT2D eigenvalue weighted by atomic mass is 10.1. The lowest BCUT2D eigenvalue weighted by Gasteiger charge is -2.12. The van der Waals surface area contributed by atoms with Gasteiger partial charge in [-0.1, -0.05) is 13.0 Å². The topological polar surface area (TPSA) is 46.2 Å². The molecule has 0 radical (unpaired) electrons. The van der Waals surface area contributed by atoms with Crippen LogP contribution < -0.4 is 4.72 Å². The summed E-state index contributed by atoms with van der Waals surface area (Å²) >= 11 is 0. The first kappa shape index (κ1) is 13.2. The SMILES string of the molecule is CC[C@H](C)NS(=O)(=O)c1ccc(C)c(C)c1. The molecule has 0 saturated carbocycles. The van der Waals surface area contributed by atoms with E-state index in [0.29, 0.717) is 4.90 Å². The van der Waals surface area contributed by atoms with Gasteiger partial charge in [0.2, 0.25) is 10.0 Å². The Hall–Kier alpha value is -0.870. The van der Waals surface area contributed by atoms with Gasteiger partial charge in [-0.25, -0.2) is 13.1 Å². The van der Waals surface area contributed by atoms with E-state index in [1.807, 2.05) is 33.8 Å². The highest BCUT2D eigenvalue weighted by atomic mass is 32.2. The molecule has 0 aliphatic heterocycles. The van der Waals surface area contributed by atoms with Crippen molar-refractivity contribution in [2.24, 2.45) is 0 Å². The molecule has 4 heteroatoms. The zero-order valence-corrected chi connectivity index (χ0v) is 11.1. The normalized spacial score (nSPS) is 13.8. The van der Waals surface area contributed by atoms with Crippen molar-refractivity contribution in [2.45, 2.75) is 45.1 Å². The average molecular weight is 241 g/mol. The van der Waals surface area contributed by atoms with Gasteiger partial charge in [0.15, 0.2) is 0 Å². The third-order valence-corrected chi connectivity index (χ3v) is 4.34. The zero-order valence-electron chi connectivity index (χ0n) is 10.2. The predicted octanol–water partition coefficient (Wildman–Crippen LogP) is 2.38. The van der Waals surface area contributed by atoms with Crippen LogP contribution in [0.1, 0.15) is 31.4 Å². The molecule has 1 N–H and O–H groups in total. The van der Waals surface area contributed by atoms with Crippen LogP contribution in [0.5, 0.6) is 0 Å². The van der Waals surface area contributed by atoms with Crippen LogP contribution in [0.25, 0.3) is 0 Å². The minimum absolute atomic E-state index is 0.0355. The molecule has 0 aliphatic rings. The Balaban J connectivity index is 3.03. The van der Waals surface area contributed by atoms with Crippen molar-refractivity contribution in [3.63, 3.8) is 0 Å². The van der Waals surface area contributed by atoms with Gasteiger partial charge < -0.3 is 0 Å². The molecule has 1 atom stereocenters. The maximum absolute atomic E-state index is 12.0. The number of hydrogen-bond acceptors (Lipinski definition) is 2. The number of sulfonamides is 1. The Kier molecular flexibility index (Phi) is 4.10. The van der Waals surface area contributed by atoms with Crippen molar-refractivity contribution in [3.8, 4) is 0 Å². The molecule has 0 amide bonds. The molecule has 0 unspecified atom stereocenters. The van der Waals surface area contributed by atoms with Crippen LogP contribution in [0.15, 0.2) is 23.1 Å². The van der Waals surface area contributed by atoms with Gasteiger partial charge in [0.1, 0.15) is 0 Å². The Morgan fingerprint density at radius 2 is 1.88 bits per heavy atom. The summed E-state index contributed by atoms with van der Waals surface area (Å²) in [5, 5.41) is 0. The number of nitrogens with one attached hydrogen (secondary N) is 1. The number of rotatable bonds is 4. The lowest BCUT2D eigenvalue weighted by Crippen LogP contribution is -2.32. The van der Waals surface area contributed by atoms with E-state index in [1.54, 1.807) is 12.1 Å². The van der Waals surface area contributed by atoms with E-state index in [2.05, 4.69) is 4.72 Å². The van der Waals surface area contributed by atoms with E-state index in [0.717, 1.165) is 17.5 Å². The molecule has 0 fully saturated rings. The van der Waals surface area contributed by atoms with Gasteiger partial charge in [0.25, 0.3) is 0 Å². The maximum atomic E-state index is 12.0. The lowest BCUT2D eigenvalue weighted by molar-refractivity contribution is 0.556. The molecule has 90 valence electrons. The summed E-state index contributed by atoms with van der Waals surface area (Å²) in [6.07, 6.45) is 0.782. The number of hydrogen-bond donors (Lipinski definition) is 1. The summed E-state index contributed by atoms with van der Waals surface area (Å²) in [7, 11) is -3.36. The molecule has 0 aromatic heterocycles. The van der Waals surface area contributed by atoms with Crippen molar-refractivity contribution in [1.29, 1.82) is 0 Å². The minimum atomic E-state index is -3.36. The highest BCUT2D eigenvalue weighted by Gasteiger charge is 2.16. The largest absolute Gasteiger partial charge is 0.240 e. The van der Waals surface area contributed by atoms with Gasteiger partial charge in [-0.15, -0.1) is 0 Å². The third-order valence-electron chi connectivity index (χ3n) is 2.76. The molecule has 0 heterocycles. The Bertz CT molecular complexity index is 466. The summed E-state index contributed by atoms with van der Waals surface area (Å²) < 4.78 is 26.5. The van der Waals surface area contributed by atoms with E-state index in [9.17, 15) is 8.42 Å². The van der Waals surface area contributed by atoms with Crippen molar-refractivity contribution < 1.29 is 8.42 Å². The Labute approximate surface area is 97.9 Å². The molecule has 1 rings (SSSR count). The van der Waals surface area contributed by atoms with Crippen LogP contribution in [-0.2, 0) is 10.0 Å². The van der Waals surface area contributed by atoms with Crippen molar-refractivity contribution >= 4 is 10.0 Å². The zero-order chi connectivity index (χ0) is 12.3. The molecular formula is C12H19NO2S. The first-order valence-corrected chi connectivity index (χ1v) is 6.94. The Morgan fingerprint density at radius 1 is 1.25 bits per heavy atom. The fourth-order valence-corrected chi connectivity index (χ4v) is 2.71. The molecule has 0 aliphatic carbocycles. The van der Waals surface area contributed by atoms with Crippen LogP contribution in [-0.4, -0.2) is 14.5 Å². The van der Waals surface area contributed by atoms with Crippen LogP contribution in [0.3, 0.4) is 0 Å². The molecular weight excluding hydrogens is 222 g/mol. The van der Waals surface area contributed by atoms with E-state index in [-0.39, 0.29) is 6.04 Å².